The zero-order valence-electron chi connectivity index (χ0n) is 16.0. The number of nitrogens with zero attached hydrogens (tertiary/aromatic N) is 4. The molecule has 3 heterocycles. The summed E-state index contributed by atoms with van der Waals surface area (Å²) in [6, 6.07) is -0.448. The number of hydrogen-bond donors (Lipinski definition) is 3. The number of nitrogens with two attached hydrogens (primary N) is 1. The highest BCUT2D eigenvalue weighted by Crippen LogP contribution is 2.35. The van der Waals surface area contributed by atoms with Crippen molar-refractivity contribution < 1.29 is 28.6 Å². The molecule has 1 aliphatic rings. The summed E-state index contributed by atoms with van der Waals surface area (Å²) in [5.74, 6) is -1.02. The monoisotopic (exact) mass is 407 g/mol. The lowest BCUT2D eigenvalue weighted by atomic mass is 10.1. The van der Waals surface area contributed by atoms with E-state index in [-0.39, 0.29) is 12.4 Å². The van der Waals surface area contributed by atoms with Gasteiger partial charge in [-0.05, 0) is 0 Å². The first-order valence-corrected chi connectivity index (χ1v) is 8.70. The molecule has 0 unspecified atom stereocenters. The molecule has 4 atom stereocenters. The van der Waals surface area contributed by atoms with Crippen LogP contribution in [-0.4, -0.2) is 69.4 Å². The number of rotatable bonds is 5. The van der Waals surface area contributed by atoms with E-state index in [9.17, 15) is 14.4 Å². The number of esters is 2. The number of fused-ring (bicyclic) bond motifs is 1. The van der Waals surface area contributed by atoms with Crippen molar-refractivity contribution in [1.82, 2.24) is 30.2 Å². The predicted octanol–water partition coefficient (Wildman–Crippen LogP) is -0.902. The van der Waals surface area contributed by atoms with E-state index in [1.54, 1.807) is 0 Å². The number of amides is 2. The Balaban J connectivity index is 1.98. The largest absolute Gasteiger partial charge is 0.456 e. The third kappa shape index (κ3) is 4.18. The van der Waals surface area contributed by atoms with Crippen molar-refractivity contribution in [2.24, 2.45) is 0 Å². The molecule has 2 amide bonds. The average Bonchev–Trinajstić information content (AvgIpc) is 3.22. The molecule has 4 N–H and O–H groups in total. The minimum absolute atomic E-state index is 0.00433. The summed E-state index contributed by atoms with van der Waals surface area (Å²) in [6.45, 7) is 2.45. The van der Waals surface area contributed by atoms with Gasteiger partial charge in [0, 0.05) is 27.4 Å². The standard InChI is InChI=1S/C16H21N7O6/c1-7(24)27-11-9(4-19-16(26)18-3)29-15(12(11)28-8(2)25)23-6-22-10-13(17)20-5-21-14(10)23/h5-6,9,11-12,15H,4H2,1-3H3,(H2,17,20,21)(H2,18,19,26)/t9-,11-,12-,15-/m1/s1. The summed E-state index contributed by atoms with van der Waals surface area (Å²) in [7, 11) is 1.46. The van der Waals surface area contributed by atoms with Crippen molar-refractivity contribution in [3.8, 4) is 0 Å². The average molecular weight is 407 g/mol. The van der Waals surface area contributed by atoms with Crippen LogP contribution in [0.5, 0.6) is 0 Å². The summed E-state index contributed by atoms with van der Waals surface area (Å²) >= 11 is 0. The second kappa shape index (κ2) is 8.26. The molecule has 0 spiro atoms. The third-order valence-electron chi connectivity index (χ3n) is 4.24. The van der Waals surface area contributed by atoms with Crippen LogP contribution in [0.15, 0.2) is 12.7 Å². The van der Waals surface area contributed by atoms with Gasteiger partial charge < -0.3 is 30.6 Å². The summed E-state index contributed by atoms with van der Waals surface area (Å²) in [5.41, 5.74) is 6.51. The number of carbonyl (C=O) groups is 3. The molecule has 156 valence electrons. The van der Waals surface area contributed by atoms with Gasteiger partial charge in [0.2, 0.25) is 0 Å². The lowest BCUT2D eigenvalue weighted by Crippen LogP contribution is -2.45. The number of nitrogen functional groups attached to an aromatic ring is 1. The minimum atomic E-state index is -1.01. The highest BCUT2D eigenvalue weighted by atomic mass is 16.6. The molecule has 1 fully saturated rings. The second-order valence-corrected chi connectivity index (χ2v) is 6.26. The fraction of sp³-hybridized carbons (Fsp3) is 0.500. The van der Waals surface area contributed by atoms with E-state index in [0.717, 1.165) is 0 Å². The van der Waals surface area contributed by atoms with E-state index < -0.39 is 42.5 Å². The number of anilines is 1. The fourth-order valence-corrected chi connectivity index (χ4v) is 3.09. The molecule has 2 aromatic heterocycles. The van der Waals surface area contributed by atoms with Gasteiger partial charge >= 0.3 is 18.0 Å². The lowest BCUT2D eigenvalue weighted by Gasteiger charge is -2.23. The van der Waals surface area contributed by atoms with Gasteiger partial charge in [0.25, 0.3) is 0 Å². The van der Waals surface area contributed by atoms with Gasteiger partial charge in [-0.2, -0.15) is 0 Å². The van der Waals surface area contributed by atoms with Crippen molar-refractivity contribution in [3.05, 3.63) is 12.7 Å². The van der Waals surface area contributed by atoms with Crippen molar-refractivity contribution >= 4 is 35.0 Å². The second-order valence-electron chi connectivity index (χ2n) is 6.26. The maximum absolute atomic E-state index is 11.7. The van der Waals surface area contributed by atoms with Gasteiger partial charge in [-0.1, -0.05) is 0 Å². The summed E-state index contributed by atoms with van der Waals surface area (Å²) < 4.78 is 18.3. The van der Waals surface area contributed by atoms with Gasteiger partial charge in [0.1, 0.15) is 17.9 Å². The number of urea groups is 1. The van der Waals surface area contributed by atoms with E-state index >= 15 is 0 Å². The van der Waals surface area contributed by atoms with Crippen LogP contribution in [0.25, 0.3) is 11.2 Å². The Bertz CT molecular complexity index is 932. The molecule has 2 aromatic rings. The van der Waals surface area contributed by atoms with Gasteiger partial charge in [-0.3, -0.25) is 14.2 Å². The SMILES string of the molecule is CNC(=O)NC[C@H]1O[C@@H](n2cnc3c(N)ncnc32)[C@H](OC(C)=O)[C@@H]1OC(C)=O. The zero-order chi connectivity index (χ0) is 21.1. The van der Waals surface area contributed by atoms with E-state index in [1.165, 1.54) is 38.1 Å². The Morgan fingerprint density at radius 3 is 2.52 bits per heavy atom. The van der Waals surface area contributed by atoms with Gasteiger partial charge in [0.05, 0.1) is 6.33 Å². The summed E-state index contributed by atoms with van der Waals surface area (Å²) in [6.07, 6.45) is -1.05. The Hall–Kier alpha value is -3.48. The van der Waals surface area contributed by atoms with E-state index in [4.69, 9.17) is 19.9 Å². The highest BCUT2D eigenvalue weighted by Gasteiger charge is 2.50. The molecule has 13 nitrogen and oxygen atoms in total. The Morgan fingerprint density at radius 1 is 1.17 bits per heavy atom. The van der Waals surface area contributed by atoms with Crippen molar-refractivity contribution in [1.29, 1.82) is 0 Å². The first-order valence-electron chi connectivity index (χ1n) is 8.70. The van der Waals surface area contributed by atoms with Crippen LogP contribution < -0.4 is 16.4 Å². The molecule has 0 bridgehead atoms. The molecule has 0 radical (unpaired) electrons. The lowest BCUT2D eigenvalue weighted by molar-refractivity contribution is -0.165. The van der Waals surface area contributed by atoms with Crippen LogP contribution in [-0.2, 0) is 23.8 Å². The van der Waals surface area contributed by atoms with E-state index in [1.807, 2.05) is 0 Å². The molecule has 0 aliphatic carbocycles. The first-order chi connectivity index (χ1) is 13.8. The topological polar surface area (TPSA) is 173 Å². The number of hydrogen-bond acceptors (Lipinski definition) is 10. The molecule has 13 heteroatoms. The van der Waals surface area contributed by atoms with Crippen LogP contribution in [0, 0.1) is 0 Å². The summed E-state index contributed by atoms with van der Waals surface area (Å²) in [4.78, 5) is 47.1. The van der Waals surface area contributed by atoms with E-state index in [0.29, 0.717) is 11.2 Å². The summed E-state index contributed by atoms with van der Waals surface area (Å²) in [5, 5.41) is 5.00. The van der Waals surface area contributed by atoms with Crippen molar-refractivity contribution in [2.75, 3.05) is 19.3 Å². The Morgan fingerprint density at radius 2 is 1.86 bits per heavy atom. The van der Waals surface area contributed by atoms with Crippen LogP contribution in [0.4, 0.5) is 10.6 Å². The first kappa shape index (κ1) is 20.3. The number of nitrogens with one attached hydrogen (secondary N) is 2. The molecule has 0 saturated carbocycles. The van der Waals surface area contributed by atoms with E-state index in [2.05, 4.69) is 25.6 Å². The Kier molecular flexibility index (Phi) is 5.77. The molecular formula is C16H21N7O6. The Labute approximate surface area is 164 Å². The van der Waals surface area contributed by atoms with Crippen LogP contribution in [0.3, 0.4) is 0 Å². The zero-order valence-corrected chi connectivity index (χ0v) is 16.0. The van der Waals surface area contributed by atoms with Crippen LogP contribution >= 0.6 is 0 Å². The normalized spacial score (nSPS) is 23.6. The third-order valence-corrected chi connectivity index (χ3v) is 4.24. The van der Waals surface area contributed by atoms with Gasteiger partial charge in [-0.25, -0.2) is 19.7 Å². The number of carbonyl (C=O) groups excluding carboxylic acids is 3. The molecule has 0 aromatic carbocycles. The maximum Gasteiger partial charge on any atom is 0.314 e. The minimum Gasteiger partial charge on any atom is -0.456 e. The predicted molar refractivity (Wildman–Crippen MR) is 97.2 cm³/mol. The van der Waals surface area contributed by atoms with Crippen LogP contribution in [0.2, 0.25) is 0 Å². The number of aromatic nitrogens is 4. The van der Waals surface area contributed by atoms with Crippen molar-refractivity contribution in [2.45, 2.75) is 38.4 Å². The maximum atomic E-state index is 11.7. The van der Waals surface area contributed by atoms with Gasteiger partial charge in [-0.15, -0.1) is 0 Å². The molecule has 29 heavy (non-hydrogen) atoms. The smallest absolute Gasteiger partial charge is 0.314 e. The fourth-order valence-electron chi connectivity index (χ4n) is 3.09. The number of imidazole rings is 1. The molecule has 1 saturated heterocycles. The quantitative estimate of drug-likeness (QED) is 0.527. The molecule has 1 aliphatic heterocycles. The van der Waals surface area contributed by atoms with Crippen molar-refractivity contribution in [3.63, 3.8) is 0 Å². The van der Waals surface area contributed by atoms with Crippen LogP contribution in [0.1, 0.15) is 20.1 Å². The highest BCUT2D eigenvalue weighted by molar-refractivity contribution is 5.81. The number of ether oxygens (including phenoxy) is 3. The van der Waals surface area contributed by atoms with Gasteiger partial charge in [0.15, 0.2) is 29.9 Å². The molecular weight excluding hydrogens is 386 g/mol. The molecule has 3 rings (SSSR count).